The molecule has 2 heterocycles. The van der Waals surface area contributed by atoms with Gasteiger partial charge in [-0.15, -0.1) is 0 Å². The highest BCUT2D eigenvalue weighted by atomic mass is 16.2. The Morgan fingerprint density at radius 3 is 2.17 bits per heavy atom. The minimum Gasteiger partial charge on any atom is -0.325 e. The summed E-state index contributed by atoms with van der Waals surface area (Å²) in [4.78, 5) is 29.6. The summed E-state index contributed by atoms with van der Waals surface area (Å²) in [6.07, 6.45) is 10.4. The van der Waals surface area contributed by atoms with Crippen molar-refractivity contribution in [2.45, 2.75) is 78.3 Å². The Kier molecular flexibility index (Phi) is 6.82. The second kappa shape index (κ2) is 8.85. The quantitative estimate of drug-likeness (QED) is 0.627. The summed E-state index contributed by atoms with van der Waals surface area (Å²) in [5, 5.41) is 0. The number of hydrogen-bond donors (Lipinski definition) is 0. The highest BCUT2D eigenvalue weighted by Crippen LogP contribution is 2.09. The SMILES string of the molecule is CCCCCCn1c(=O)c2c(ncn2CCCCCC)n(C)c1=O. The van der Waals surface area contributed by atoms with E-state index in [1.807, 2.05) is 4.57 Å². The summed E-state index contributed by atoms with van der Waals surface area (Å²) in [5.74, 6) is 0. The van der Waals surface area contributed by atoms with Crippen LogP contribution in [0.15, 0.2) is 15.9 Å². The Bertz CT molecular complexity index is 770. The fourth-order valence-electron chi connectivity index (χ4n) is 3.09. The Hall–Kier alpha value is -1.85. The summed E-state index contributed by atoms with van der Waals surface area (Å²) in [5.41, 5.74) is 0.590. The fourth-order valence-corrected chi connectivity index (χ4v) is 3.09. The maximum atomic E-state index is 12.8. The molecule has 0 fully saturated rings. The monoisotopic (exact) mass is 334 g/mol. The van der Waals surface area contributed by atoms with Gasteiger partial charge < -0.3 is 4.57 Å². The van der Waals surface area contributed by atoms with Crippen LogP contribution in [-0.2, 0) is 20.1 Å². The zero-order chi connectivity index (χ0) is 17.5. The lowest BCUT2D eigenvalue weighted by atomic mass is 10.2. The van der Waals surface area contributed by atoms with E-state index in [0.717, 1.165) is 45.1 Å². The Balaban J connectivity index is 2.30. The first-order valence-electron chi connectivity index (χ1n) is 9.26. The Labute approximate surface area is 143 Å². The highest BCUT2D eigenvalue weighted by molar-refractivity contribution is 5.69. The maximum absolute atomic E-state index is 12.8. The van der Waals surface area contributed by atoms with Gasteiger partial charge in [-0.05, 0) is 12.8 Å². The smallest absolute Gasteiger partial charge is 0.325 e. The molecule has 0 saturated carbocycles. The molecule has 0 radical (unpaired) electrons. The summed E-state index contributed by atoms with van der Waals surface area (Å²) < 4.78 is 4.79. The number of fused-ring (bicyclic) bond motifs is 1. The van der Waals surface area contributed by atoms with Crippen molar-refractivity contribution in [3.8, 4) is 0 Å². The van der Waals surface area contributed by atoms with Gasteiger partial charge in [0.05, 0.1) is 6.33 Å². The number of rotatable bonds is 10. The molecule has 2 aromatic heterocycles. The highest BCUT2D eigenvalue weighted by Gasteiger charge is 2.15. The summed E-state index contributed by atoms with van der Waals surface area (Å²) in [6, 6.07) is 0. The zero-order valence-electron chi connectivity index (χ0n) is 15.3. The van der Waals surface area contributed by atoms with E-state index in [1.54, 1.807) is 13.4 Å². The number of hydrogen-bond acceptors (Lipinski definition) is 3. The summed E-state index contributed by atoms with van der Waals surface area (Å²) >= 11 is 0. The topological polar surface area (TPSA) is 61.8 Å². The summed E-state index contributed by atoms with van der Waals surface area (Å²) in [6.45, 7) is 5.59. The third-order valence-electron chi connectivity index (χ3n) is 4.59. The van der Waals surface area contributed by atoms with Crippen LogP contribution in [0, 0.1) is 0 Å². The lowest BCUT2D eigenvalue weighted by Gasteiger charge is -2.09. The Morgan fingerprint density at radius 2 is 1.54 bits per heavy atom. The molecule has 0 atom stereocenters. The van der Waals surface area contributed by atoms with Crippen molar-refractivity contribution in [2.24, 2.45) is 7.05 Å². The number of nitrogens with zero attached hydrogens (tertiary/aromatic N) is 4. The van der Waals surface area contributed by atoms with Gasteiger partial charge in [-0.1, -0.05) is 52.4 Å². The third kappa shape index (κ3) is 3.97. The van der Waals surface area contributed by atoms with Crippen LogP contribution in [0.25, 0.3) is 11.2 Å². The summed E-state index contributed by atoms with van der Waals surface area (Å²) in [7, 11) is 1.70. The van der Waals surface area contributed by atoms with Gasteiger partial charge in [-0.25, -0.2) is 9.78 Å². The minimum atomic E-state index is -0.264. The van der Waals surface area contributed by atoms with E-state index in [1.165, 1.54) is 22.0 Å². The van der Waals surface area contributed by atoms with Crippen molar-refractivity contribution < 1.29 is 0 Å². The number of aryl methyl sites for hydroxylation is 2. The molecule has 2 aromatic rings. The third-order valence-corrected chi connectivity index (χ3v) is 4.59. The predicted octanol–water partition coefficient (Wildman–Crippen LogP) is 3.06. The van der Waals surface area contributed by atoms with Gasteiger partial charge in [0, 0.05) is 20.1 Å². The lowest BCUT2D eigenvalue weighted by Crippen LogP contribution is -2.39. The van der Waals surface area contributed by atoms with Crippen molar-refractivity contribution in [2.75, 3.05) is 0 Å². The van der Waals surface area contributed by atoms with Crippen LogP contribution in [-0.4, -0.2) is 18.7 Å². The van der Waals surface area contributed by atoms with E-state index in [2.05, 4.69) is 18.8 Å². The molecule has 0 saturated heterocycles. The molecule has 0 aliphatic rings. The van der Waals surface area contributed by atoms with Gasteiger partial charge >= 0.3 is 5.69 Å². The molecular formula is C18H30N4O2. The van der Waals surface area contributed by atoms with Gasteiger partial charge in [-0.3, -0.25) is 13.9 Å². The molecule has 0 aliphatic carbocycles. The fraction of sp³-hybridized carbons (Fsp3) is 0.722. The van der Waals surface area contributed by atoms with Gasteiger partial charge in [0.15, 0.2) is 11.2 Å². The molecule has 6 heteroatoms. The van der Waals surface area contributed by atoms with Gasteiger partial charge in [0.1, 0.15) is 0 Å². The average molecular weight is 334 g/mol. The number of unbranched alkanes of at least 4 members (excludes halogenated alkanes) is 6. The van der Waals surface area contributed by atoms with Gasteiger partial charge in [0.2, 0.25) is 0 Å². The van der Waals surface area contributed by atoms with E-state index in [4.69, 9.17) is 0 Å². The largest absolute Gasteiger partial charge is 0.332 e. The molecule has 0 spiro atoms. The second-order valence-electron chi connectivity index (χ2n) is 6.53. The van der Waals surface area contributed by atoms with Gasteiger partial charge in [-0.2, -0.15) is 0 Å². The molecule has 24 heavy (non-hydrogen) atoms. The molecule has 134 valence electrons. The predicted molar refractivity (Wildman–Crippen MR) is 97.5 cm³/mol. The van der Waals surface area contributed by atoms with Crippen LogP contribution >= 0.6 is 0 Å². The minimum absolute atomic E-state index is 0.197. The first kappa shape index (κ1) is 18.5. The maximum Gasteiger partial charge on any atom is 0.332 e. The molecule has 0 N–H and O–H groups in total. The molecule has 6 nitrogen and oxygen atoms in total. The zero-order valence-corrected chi connectivity index (χ0v) is 15.3. The van der Waals surface area contributed by atoms with E-state index < -0.39 is 0 Å². The normalized spacial score (nSPS) is 11.5. The second-order valence-corrected chi connectivity index (χ2v) is 6.53. The molecule has 0 aromatic carbocycles. The van der Waals surface area contributed by atoms with E-state index in [-0.39, 0.29) is 11.2 Å². The first-order chi connectivity index (χ1) is 11.6. The van der Waals surface area contributed by atoms with Crippen LogP contribution in [0.1, 0.15) is 65.2 Å². The van der Waals surface area contributed by atoms with Crippen molar-refractivity contribution in [3.05, 3.63) is 27.2 Å². The molecule has 0 bridgehead atoms. The van der Waals surface area contributed by atoms with E-state index >= 15 is 0 Å². The Morgan fingerprint density at radius 1 is 0.917 bits per heavy atom. The van der Waals surface area contributed by atoms with Crippen molar-refractivity contribution in [1.29, 1.82) is 0 Å². The number of imidazole rings is 1. The van der Waals surface area contributed by atoms with Crippen molar-refractivity contribution in [1.82, 2.24) is 18.7 Å². The van der Waals surface area contributed by atoms with Crippen LogP contribution in [0.3, 0.4) is 0 Å². The first-order valence-corrected chi connectivity index (χ1v) is 9.26. The van der Waals surface area contributed by atoms with Crippen LogP contribution in [0.4, 0.5) is 0 Å². The average Bonchev–Trinajstić information content (AvgIpc) is 3.00. The van der Waals surface area contributed by atoms with Gasteiger partial charge in [0.25, 0.3) is 5.56 Å². The number of aromatic nitrogens is 4. The molecular weight excluding hydrogens is 304 g/mol. The standard InChI is InChI=1S/C18H30N4O2/c1-4-6-8-10-12-21-14-19-16-15(21)17(23)22(18(24)20(16)3)13-11-9-7-5-2/h14H,4-13H2,1-3H3. The van der Waals surface area contributed by atoms with E-state index in [9.17, 15) is 9.59 Å². The molecule has 0 unspecified atom stereocenters. The molecule has 0 amide bonds. The van der Waals surface area contributed by atoms with Crippen molar-refractivity contribution in [3.63, 3.8) is 0 Å². The molecule has 2 rings (SSSR count). The lowest BCUT2D eigenvalue weighted by molar-refractivity contribution is 0.536. The van der Waals surface area contributed by atoms with Crippen LogP contribution < -0.4 is 11.2 Å². The van der Waals surface area contributed by atoms with Crippen molar-refractivity contribution >= 4 is 11.2 Å². The van der Waals surface area contributed by atoms with E-state index in [0.29, 0.717) is 17.7 Å². The molecule has 0 aliphatic heterocycles. The van der Waals surface area contributed by atoms with Crippen LogP contribution in [0.2, 0.25) is 0 Å². The van der Waals surface area contributed by atoms with Crippen LogP contribution in [0.5, 0.6) is 0 Å².